The highest BCUT2D eigenvalue weighted by molar-refractivity contribution is 5.78. The van der Waals surface area contributed by atoms with Gasteiger partial charge in [0.05, 0.1) is 30.3 Å². The molecular weight excluding hydrogens is 384 g/mol. The van der Waals surface area contributed by atoms with Crippen LogP contribution >= 0.6 is 0 Å². The Morgan fingerprint density at radius 1 is 1.27 bits per heavy atom. The van der Waals surface area contributed by atoms with E-state index in [0.29, 0.717) is 39.3 Å². The van der Waals surface area contributed by atoms with Crippen LogP contribution in [0.4, 0.5) is 0 Å². The molecule has 0 spiro atoms. The number of ether oxygens (including phenoxy) is 2. The smallest absolute Gasteiger partial charge is 0.219 e. The molecule has 3 aliphatic heterocycles. The third-order valence-electron chi connectivity index (χ3n) is 6.50. The summed E-state index contributed by atoms with van der Waals surface area (Å²) in [6, 6.07) is 9.69. The molecule has 2 aromatic rings. The van der Waals surface area contributed by atoms with Gasteiger partial charge in [-0.25, -0.2) is 0 Å². The van der Waals surface area contributed by atoms with E-state index in [0.717, 1.165) is 16.5 Å². The molecule has 0 saturated carbocycles. The quantitative estimate of drug-likeness (QED) is 0.749. The SMILES string of the molecule is CC(=O)N1CCN(C2C3OCC(O3)C(NCc3cnc4ccccc4c3)C2O)CC1. The Morgan fingerprint density at radius 3 is 2.87 bits per heavy atom. The molecule has 5 rings (SSSR count). The molecule has 2 bridgehead atoms. The molecule has 5 unspecified atom stereocenters. The topological polar surface area (TPSA) is 87.2 Å². The van der Waals surface area contributed by atoms with Gasteiger partial charge in [0.1, 0.15) is 6.10 Å². The summed E-state index contributed by atoms with van der Waals surface area (Å²) in [6.45, 7) is 5.40. The summed E-state index contributed by atoms with van der Waals surface area (Å²) in [7, 11) is 0. The molecule has 1 amide bonds. The fraction of sp³-hybridized carbons (Fsp3) is 0.545. The lowest BCUT2D eigenvalue weighted by molar-refractivity contribution is -0.186. The first-order valence-electron chi connectivity index (χ1n) is 10.6. The number of hydrogen-bond acceptors (Lipinski definition) is 7. The van der Waals surface area contributed by atoms with Crippen LogP contribution < -0.4 is 5.32 Å². The van der Waals surface area contributed by atoms with Crippen LogP contribution in [0, 0.1) is 0 Å². The van der Waals surface area contributed by atoms with Gasteiger partial charge in [0.25, 0.3) is 0 Å². The van der Waals surface area contributed by atoms with E-state index in [1.165, 1.54) is 0 Å². The fourth-order valence-electron chi connectivity index (χ4n) is 4.83. The number of nitrogens with zero attached hydrogens (tertiary/aromatic N) is 3. The van der Waals surface area contributed by atoms with E-state index in [1.807, 2.05) is 29.3 Å². The molecule has 30 heavy (non-hydrogen) atoms. The number of carbonyl (C=O) groups is 1. The highest BCUT2D eigenvalue weighted by atomic mass is 16.7. The second-order valence-corrected chi connectivity index (χ2v) is 8.34. The maximum atomic E-state index is 11.6. The third-order valence-corrected chi connectivity index (χ3v) is 6.50. The number of carbonyl (C=O) groups excluding carboxylic acids is 1. The van der Waals surface area contributed by atoms with E-state index >= 15 is 0 Å². The average molecular weight is 412 g/mol. The molecule has 8 heteroatoms. The second-order valence-electron chi connectivity index (χ2n) is 8.34. The molecular formula is C22H28N4O4. The molecule has 3 aliphatic rings. The lowest BCUT2D eigenvalue weighted by Crippen LogP contribution is -2.66. The highest BCUT2D eigenvalue weighted by Crippen LogP contribution is 2.32. The normalized spacial score (nSPS) is 31.9. The molecule has 3 saturated heterocycles. The Bertz CT molecular complexity index is 917. The number of aliphatic hydroxyl groups excluding tert-OH is 1. The number of hydrogen-bond donors (Lipinski definition) is 2. The number of pyridine rings is 1. The van der Waals surface area contributed by atoms with Gasteiger partial charge in [-0.15, -0.1) is 0 Å². The average Bonchev–Trinajstić information content (AvgIpc) is 3.18. The van der Waals surface area contributed by atoms with Crippen molar-refractivity contribution in [2.24, 2.45) is 0 Å². The number of benzene rings is 1. The molecule has 4 heterocycles. The number of rotatable bonds is 4. The number of piperazine rings is 1. The summed E-state index contributed by atoms with van der Waals surface area (Å²) in [4.78, 5) is 20.2. The zero-order valence-corrected chi connectivity index (χ0v) is 17.1. The van der Waals surface area contributed by atoms with E-state index in [4.69, 9.17) is 9.47 Å². The predicted molar refractivity (Wildman–Crippen MR) is 111 cm³/mol. The Labute approximate surface area is 175 Å². The molecule has 160 valence electrons. The van der Waals surface area contributed by atoms with Crippen LogP contribution in [0.2, 0.25) is 0 Å². The molecule has 8 nitrogen and oxygen atoms in total. The van der Waals surface area contributed by atoms with Gasteiger partial charge in [-0.1, -0.05) is 18.2 Å². The largest absolute Gasteiger partial charge is 0.390 e. The lowest BCUT2D eigenvalue weighted by atomic mass is 9.94. The van der Waals surface area contributed by atoms with Crippen LogP contribution in [0.15, 0.2) is 36.5 Å². The van der Waals surface area contributed by atoms with Gasteiger partial charge < -0.3 is 24.8 Å². The predicted octanol–water partition coefficient (Wildman–Crippen LogP) is 0.342. The van der Waals surface area contributed by atoms with Crippen molar-refractivity contribution in [3.05, 3.63) is 42.1 Å². The van der Waals surface area contributed by atoms with Gasteiger partial charge in [-0.3, -0.25) is 14.7 Å². The van der Waals surface area contributed by atoms with Gasteiger partial charge in [0, 0.05) is 51.2 Å². The zero-order chi connectivity index (χ0) is 20.7. The van der Waals surface area contributed by atoms with Crippen molar-refractivity contribution in [2.75, 3.05) is 32.8 Å². The van der Waals surface area contributed by atoms with Crippen molar-refractivity contribution in [1.82, 2.24) is 20.1 Å². The Hall–Kier alpha value is -2.10. The minimum absolute atomic E-state index is 0.0933. The first-order valence-corrected chi connectivity index (χ1v) is 10.6. The van der Waals surface area contributed by atoms with Gasteiger partial charge >= 0.3 is 0 Å². The van der Waals surface area contributed by atoms with E-state index in [1.54, 1.807) is 6.92 Å². The van der Waals surface area contributed by atoms with Crippen molar-refractivity contribution >= 4 is 16.8 Å². The molecule has 5 atom stereocenters. The van der Waals surface area contributed by atoms with E-state index in [-0.39, 0.29) is 24.1 Å². The molecule has 0 radical (unpaired) electrons. The second kappa shape index (κ2) is 8.20. The molecule has 1 aromatic heterocycles. The molecule has 1 aromatic carbocycles. The Balaban J connectivity index is 1.27. The van der Waals surface area contributed by atoms with E-state index < -0.39 is 12.4 Å². The number of aliphatic hydroxyl groups is 1. The van der Waals surface area contributed by atoms with Crippen molar-refractivity contribution in [3.8, 4) is 0 Å². The number of aromatic nitrogens is 1. The lowest BCUT2D eigenvalue weighted by Gasteiger charge is -2.46. The third kappa shape index (κ3) is 3.70. The van der Waals surface area contributed by atoms with Crippen LogP contribution in [-0.2, 0) is 20.8 Å². The van der Waals surface area contributed by atoms with Crippen molar-refractivity contribution in [1.29, 1.82) is 0 Å². The van der Waals surface area contributed by atoms with Crippen molar-refractivity contribution in [3.63, 3.8) is 0 Å². The summed E-state index contributed by atoms with van der Waals surface area (Å²) >= 11 is 0. The zero-order valence-electron chi connectivity index (χ0n) is 17.1. The number of fused-ring (bicyclic) bond motifs is 3. The highest BCUT2D eigenvalue weighted by Gasteiger charge is 2.52. The van der Waals surface area contributed by atoms with Crippen LogP contribution in [0.3, 0.4) is 0 Å². The molecule has 3 fully saturated rings. The number of para-hydroxylation sites is 1. The summed E-state index contributed by atoms with van der Waals surface area (Å²) in [5.74, 6) is 0.0933. The van der Waals surface area contributed by atoms with E-state index in [9.17, 15) is 9.90 Å². The fourth-order valence-corrected chi connectivity index (χ4v) is 4.83. The van der Waals surface area contributed by atoms with Gasteiger partial charge in [0.2, 0.25) is 5.91 Å². The summed E-state index contributed by atoms with van der Waals surface area (Å²) in [5, 5.41) is 15.8. The number of nitrogens with one attached hydrogen (secondary N) is 1. The molecule has 0 aliphatic carbocycles. The van der Waals surface area contributed by atoms with Gasteiger partial charge in [0.15, 0.2) is 6.29 Å². The van der Waals surface area contributed by atoms with Crippen molar-refractivity contribution < 1.29 is 19.4 Å². The monoisotopic (exact) mass is 412 g/mol. The summed E-state index contributed by atoms with van der Waals surface area (Å²) in [5.41, 5.74) is 2.03. The maximum Gasteiger partial charge on any atom is 0.219 e. The first-order chi connectivity index (χ1) is 14.6. The van der Waals surface area contributed by atoms with Gasteiger partial charge in [-0.05, 0) is 17.7 Å². The van der Waals surface area contributed by atoms with Crippen molar-refractivity contribution in [2.45, 2.75) is 44.1 Å². The standard InChI is InChI=1S/C22H28N4O4/c1-14(27)25-6-8-26(9-7-25)20-21(28)19(18-13-29-22(20)30-18)24-12-15-10-16-4-2-3-5-17(16)23-11-15/h2-5,10-11,18-22,24,28H,6-9,12-13H2,1H3. The minimum Gasteiger partial charge on any atom is -0.390 e. The molecule has 2 N–H and O–H groups in total. The van der Waals surface area contributed by atoms with Crippen LogP contribution in [-0.4, -0.2) is 89.2 Å². The van der Waals surface area contributed by atoms with Crippen LogP contribution in [0.25, 0.3) is 10.9 Å². The number of amides is 1. The Kier molecular flexibility index (Phi) is 5.43. The minimum atomic E-state index is -0.617. The summed E-state index contributed by atoms with van der Waals surface area (Å²) in [6.07, 6.45) is 0.661. The van der Waals surface area contributed by atoms with E-state index in [2.05, 4.69) is 27.3 Å². The van der Waals surface area contributed by atoms with Crippen LogP contribution in [0.5, 0.6) is 0 Å². The van der Waals surface area contributed by atoms with Gasteiger partial charge in [-0.2, -0.15) is 0 Å². The van der Waals surface area contributed by atoms with Crippen LogP contribution in [0.1, 0.15) is 12.5 Å². The summed E-state index contributed by atoms with van der Waals surface area (Å²) < 4.78 is 12.0. The first kappa shape index (κ1) is 19.8. The Morgan fingerprint density at radius 2 is 2.07 bits per heavy atom. The maximum absolute atomic E-state index is 11.6.